The number of hydrogen-bond acceptors (Lipinski definition) is 1. The zero-order chi connectivity index (χ0) is 14.8. The second-order valence-electron chi connectivity index (χ2n) is 5.59. The first-order valence-corrected chi connectivity index (χ1v) is 8.10. The molecule has 106 valence electrons. The molecule has 0 aliphatic heterocycles. The number of benzene rings is 2. The Hall–Kier alpha value is -1.67. The molecule has 1 aromatic heterocycles. The number of pyridine rings is 1. The van der Waals surface area contributed by atoms with Gasteiger partial charge in [0.2, 0.25) is 0 Å². The topological polar surface area (TPSA) is 12.9 Å². The fourth-order valence-electron chi connectivity index (χ4n) is 2.71. The summed E-state index contributed by atoms with van der Waals surface area (Å²) in [5, 5.41) is 1.19. The van der Waals surface area contributed by atoms with E-state index in [9.17, 15) is 0 Å². The highest BCUT2D eigenvalue weighted by atomic mass is 79.9. The maximum absolute atomic E-state index is 4.76. The van der Waals surface area contributed by atoms with Gasteiger partial charge in [-0.2, -0.15) is 0 Å². The fourth-order valence-corrected chi connectivity index (χ4v) is 3.31. The van der Waals surface area contributed by atoms with E-state index < -0.39 is 0 Å². The Kier molecular flexibility index (Phi) is 4.07. The molecule has 0 bridgehead atoms. The van der Waals surface area contributed by atoms with Gasteiger partial charge >= 0.3 is 0 Å². The van der Waals surface area contributed by atoms with Crippen LogP contribution in [-0.4, -0.2) is 4.98 Å². The van der Waals surface area contributed by atoms with Crippen molar-refractivity contribution in [3.05, 3.63) is 77.0 Å². The van der Waals surface area contributed by atoms with Gasteiger partial charge < -0.3 is 0 Å². The molecule has 0 fully saturated rings. The average molecular weight is 340 g/mol. The highest BCUT2D eigenvalue weighted by Crippen LogP contribution is 2.28. The largest absolute Gasteiger partial charge is 0.253 e. The maximum Gasteiger partial charge on any atom is 0.0705 e. The summed E-state index contributed by atoms with van der Waals surface area (Å²) in [5.74, 6) is 0. The smallest absolute Gasteiger partial charge is 0.0705 e. The molecule has 1 nitrogen and oxygen atoms in total. The minimum absolute atomic E-state index is 0.296. The van der Waals surface area contributed by atoms with E-state index in [1.54, 1.807) is 0 Å². The first kappa shape index (κ1) is 14.3. The Bertz CT molecular complexity index is 759. The van der Waals surface area contributed by atoms with Gasteiger partial charge in [-0.3, -0.25) is 4.98 Å². The van der Waals surface area contributed by atoms with Crippen molar-refractivity contribution in [3.63, 3.8) is 0 Å². The molecule has 1 heterocycles. The lowest BCUT2D eigenvalue weighted by Gasteiger charge is -2.12. The van der Waals surface area contributed by atoms with Crippen molar-refractivity contribution in [2.45, 2.75) is 25.1 Å². The SMILES string of the molecule is Cc1cc(C)cc(C(Br)Cc2ccc3ccccc3n2)c1. The highest BCUT2D eigenvalue weighted by molar-refractivity contribution is 9.09. The maximum atomic E-state index is 4.76. The van der Waals surface area contributed by atoms with Crippen LogP contribution >= 0.6 is 15.9 Å². The Morgan fingerprint density at radius 3 is 2.43 bits per heavy atom. The standard InChI is InChI=1S/C19H18BrN/c1-13-9-14(2)11-16(10-13)18(20)12-17-8-7-15-5-3-4-6-19(15)21-17/h3-11,18H,12H2,1-2H3. The van der Waals surface area contributed by atoms with Crippen LogP contribution in [0.4, 0.5) is 0 Å². The second kappa shape index (κ2) is 5.98. The molecule has 21 heavy (non-hydrogen) atoms. The van der Waals surface area contributed by atoms with Crippen LogP contribution in [0.5, 0.6) is 0 Å². The third-order valence-corrected chi connectivity index (χ3v) is 4.50. The summed E-state index contributed by atoms with van der Waals surface area (Å²) in [7, 11) is 0. The predicted octanol–water partition coefficient (Wildman–Crippen LogP) is 5.53. The first-order valence-electron chi connectivity index (χ1n) is 7.19. The number of hydrogen-bond donors (Lipinski definition) is 0. The zero-order valence-electron chi connectivity index (χ0n) is 12.3. The molecule has 0 amide bonds. The van der Waals surface area contributed by atoms with Gasteiger partial charge in [-0.15, -0.1) is 0 Å². The summed E-state index contributed by atoms with van der Waals surface area (Å²) in [6.45, 7) is 4.29. The number of rotatable bonds is 3. The van der Waals surface area contributed by atoms with Crippen molar-refractivity contribution in [2.75, 3.05) is 0 Å². The number of fused-ring (bicyclic) bond motifs is 1. The van der Waals surface area contributed by atoms with Gasteiger partial charge in [-0.1, -0.05) is 69.5 Å². The Morgan fingerprint density at radius 2 is 1.67 bits per heavy atom. The van der Waals surface area contributed by atoms with Crippen LogP contribution in [0, 0.1) is 13.8 Å². The molecule has 0 saturated carbocycles. The summed E-state index contributed by atoms with van der Waals surface area (Å²) in [6, 6.07) is 19.2. The summed E-state index contributed by atoms with van der Waals surface area (Å²) in [6.07, 6.45) is 0.897. The number of alkyl halides is 1. The minimum Gasteiger partial charge on any atom is -0.253 e. The van der Waals surface area contributed by atoms with Crippen LogP contribution in [0.25, 0.3) is 10.9 Å². The van der Waals surface area contributed by atoms with E-state index in [0.29, 0.717) is 4.83 Å². The first-order chi connectivity index (χ1) is 10.1. The Morgan fingerprint density at radius 1 is 0.952 bits per heavy atom. The van der Waals surface area contributed by atoms with Gasteiger partial charge in [0.15, 0.2) is 0 Å². The lowest BCUT2D eigenvalue weighted by Crippen LogP contribution is -1.99. The molecular weight excluding hydrogens is 322 g/mol. The lowest BCUT2D eigenvalue weighted by atomic mass is 10.0. The molecule has 2 aromatic carbocycles. The zero-order valence-corrected chi connectivity index (χ0v) is 13.9. The monoisotopic (exact) mass is 339 g/mol. The van der Waals surface area contributed by atoms with E-state index in [2.05, 4.69) is 72.2 Å². The minimum atomic E-state index is 0.296. The third kappa shape index (κ3) is 3.33. The van der Waals surface area contributed by atoms with Crippen LogP contribution in [-0.2, 0) is 6.42 Å². The number of nitrogens with zero attached hydrogens (tertiary/aromatic N) is 1. The number of aromatic nitrogens is 1. The van der Waals surface area contributed by atoms with Gasteiger partial charge in [0, 0.05) is 22.3 Å². The lowest BCUT2D eigenvalue weighted by molar-refractivity contribution is 0.910. The normalized spacial score (nSPS) is 12.5. The molecule has 0 spiro atoms. The van der Waals surface area contributed by atoms with Crippen molar-refractivity contribution in [1.82, 2.24) is 4.98 Å². The molecule has 0 radical (unpaired) electrons. The number of halogens is 1. The number of aryl methyl sites for hydroxylation is 2. The summed E-state index contributed by atoms with van der Waals surface area (Å²) >= 11 is 3.82. The summed E-state index contributed by atoms with van der Waals surface area (Å²) < 4.78 is 0. The molecule has 0 saturated heterocycles. The van der Waals surface area contributed by atoms with E-state index in [4.69, 9.17) is 4.98 Å². The van der Waals surface area contributed by atoms with Gasteiger partial charge in [0.1, 0.15) is 0 Å². The van der Waals surface area contributed by atoms with Crippen LogP contribution in [0.1, 0.15) is 27.2 Å². The van der Waals surface area contributed by atoms with Crippen molar-refractivity contribution in [1.29, 1.82) is 0 Å². The van der Waals surface area contributed by atoms with Crippen molar-refractivity contribution < 1.29 is 0 Å². The Labute approximate surface area is 134 Å². The van der Waals surface area contributed by atoms with E-state index in [0.717, 1.165) is 17.6 Å². The van der Waals surface area contributed by atoms with Crippen molar-refractivity contribution in [2.24, 2.45) is 0 Å². The predicted molar refractivity (Wildman–Crippen MR) is 93.0 cm³/mol. The molecule has 1 atom stereocenters. The van der Waals surface area contributed by atoms with E-state index in [-0.39, 0.29) is 0 Å². The quantitative estimate of drug-likeness (QED) is 0.571. The molecule has 2 heteroatoms. The van der Waals surface area contributed by atoms with E-state index >= 15 is 0 Å². The molecular formula is C19H18BrN. The fraction of sp³-hybridized carbons (Fsp3) is 0.211. The molecule has 1 unspecified atom stereocenters. The van der Waals surface area contributed by atoms with E-state index in [1.807, 2.05) is 12.1 Å². The van der Waals surface area contributed by atoms with Crippen LogP contribution in [0.3, 0.4) is 0 Å². The third-order valence-electron chi connectivity index (χ3n) is 3.65. The second-order valence-corrected chi connectivity index (χ2v) is 6.69. The molecule has 0 N–H and O–H groups in total. The summed E-state index contributed by atoms with van der Waals surface area (Å²) in [5.41, 5.74) is 6.12. The van der Waals surface area contributed by atoms with Crippen molar-refractivity contribution >= 4 is 26.8 Å². The molecule has 0 aliphatic rings. The van der Waals surface area contributed by atoms with Crippen LogP contribution in [0.15, 0.2) is 54.6 Å². The van der Waals surface area contributed by atoms with Crippen molar-refractivity contribution in [3.8, 4) is 0 Å². The Balaban J connectivity index is 1.86. The van der Waals surface area contributed by atoms with Gasteiger partial charge in [-0.05, 0) is 31.5 Å². The average Bonchev–Trinajstić information content (AvgIpc) is 2.46. The van der Waals surface area contributed by atoms with Gasteiger partial charge in [0.25, 0.3) is 0 Å². The number of para-hydroxylation sites is 1. The summed E-state index contributed by atoms with van der Waals surface area (Å²) in [4.78, 5) is 5.05. The van der Waals surface area contributed by atoms with E-state index in [1.165, 1.54) is 22.1 Å². The van der Waals surface area contributed by atoms with Crippen LogP contribution in [0.2, 0.25) is 0 Å². The molecule has 3 aromatic rings. The van der Waals surface area contributed by atoms with Gasteiger partial charge in [0.05, 0.1) is 5.52 Å². The molecule has 0 aliphatic carbocycles. The van der Waals surface area contributed by atoms with Crippen LogP contribution < -0.4 is 0 Å². The highest BCUT2D eigenvalue weighted by Gasteiger charge is 2.11. The molecule has 3 rings (SSSR count). The van der Waals surface area contributed by atoms with Gasteiger partial charge in [-0.25, -0.2) is 0 Å².